The summed E-state index contributed by atoms with van der Waals surface area (Å²) < 4.78 is 11.3. The smallest absolute Gasteiger partial charge is 0.326 e. The molecule has 0 saturated carbocycles. The van der Waals surface area contributed by atoms with Crippen LogP contribution in [0.2, 0.25) is 0 Å². The second-order valence-corrected chi connectivity index (χ2v) is 11.3. The van der Waals surface area contributed by atoms with E-state index in [-0.39, 0.29) is 60.2 Å². The zero-order valence-corrected chi connectivity index (χ0v) is 24.0. The summed E-state index contributed by atoms with van der Waals surface area (Å²) in [6.45, 7) is 5.88. The summed E-state index contributed by atoms with van der Waals surface area (Å²) in [4.78, 5) is 63.7. The third-order valence-corrected chi connectivity index (χ3v) is 6.98. The van der Waals surface area contributed by atoms with Crippen molar-refractivity contribution in [2.24, 2.45) is 5.41 Å². The lowest BCUT2D eigenvalue weighted by atomic mass is 9.87. The standard InChI is InChI=1S/C28H35N7O8/c1-28(2,3)20-10-18(19(13-36)42-20)43-21(37)9-8-17(26(40)41)33-24(38)14-4-6-15(7-5-14)30-11-16-12-31-23-22(32-16)25(39)35-27(29)34-23/h4-7,12,17-20,30,36H,8-11,13H2,1-3H3,(H,33,38)(H,40,41)(H3,29,31,34,35,39). The van der Waals surface area contributed by atoms with Crippen LogP contribution in [0.25, 0.3) is 11.2 Å². The number of aliphatic hydroxyl groups is 1. The van der Waals surface area contributed by atoms with Crippen LogP contribution >= 0.6 is 0 Å². The highest BCUT2D eigenvalue weighted by molar-refractivity contribution is 5.97. The van der Waals surface area contributed by atoms with Crippen molar-refractivity contribution in [1.82, 2.24) is 25.3 Å². The monoisotopic (exact) mass is 597 g/mol. The van der Waals surface area contributed by atoms with E-state index in [9.17, 15) is 29.4 Å². The van der Waals surface area contributed by atoms with Gasteiger partial charge in [0.05, 0.1) is 31.1 Å². The zero-order chi connectivity index (χ0) is 31.3. The minimum atomic E-state index is -1.33. The van der Waals surface area contributed by atoms with E-state index >= 15 is 0 Å². The molecular formula is C28H35N7O8. The Balaban J connectivity index is 1.28. The number of anilines is 2. The van der Waals surface area contributed by atoms with E-state index in [0.717, 1.165) is 0 Å². The number of rotatable bonds is 11. The van der Waals surface area contributed by atoms with Crippen LogP contribution in [0.3, 0.4) is 0 Å². The van der Waals surface area contributed by atoms with Crippen LogP contribution in [-0.4, -0.2) is 79.0 Å². The summed E-state index contributed by atoms with van der Waals surface area (Å²) in [6, 6.07) is 4.94. The zero-order valence-electron chi connectivity index (χ0n) is 24.0. The Labute approximate surface area is 246 Å². The number of nitrogens with one attached hydrogen (secondary N) is 3. The van der Waals surface area contributed by atoms with Gasteiger partial charge in [-0.3, -0.25) is 19.4 Å². The van der Waals surface area contributed by atoms with Gasteiger partial charge in [-0.15, -0.1) is 0 Å². The molecule has 0 spiro atoms. The fraction of sp³-hybridized carbons (Fsp3) is 0.464. The summed E-state index contributed by atoms with van der Waals surface area (Å²) in [5, 5.41) is 24.8. The van der Waals surface area contributed by atoms with Gasteiger partial charge in [0.15, 0.2) is 11.2 Å². The van der Waals surface area contributed by atoms with Crippen LogP contribution in [0.15, 0.2) is 35.3 Å². The summed E-state index contributed by atoms with van der Waals surface area (Å²) in [5.74, 6) is -2.62. The van der Waals surface area contributed by atoms with Crippen molar-refractivity contribution in [2.45, 2.75) is 70.9 Å². The van der Waals surface area contributed by atoms with Gasteiger partial charge in [-0.1, -0.05) is 20.8 Å². The Morgan fingerprint density at radius 3 is 2.58 bits per heavy atom. The normalized spacial score (nSPS) is 19.1. The second kappa shape index (κ2) is 13.1. The maximum Gasteiger partial charge on any atom is 0.326 e. The largest absolute Gasteiger partial charge is 0.480 e. The third kappa shape index (κ3) is 8.02. The molecule has 4 rings (SSSR count). The SMILES string of the molecule is CC(C)(C)C1CC(OC(=O)CCC(NC(=O)c2ccc(NCc3cnc4nc(N)[nH]c(=O)c4n3)cc2)C(=O)O)C(CO)O1. The number of aromatic nitrogens is 4. The molecule has 1 aromatic carbocycles. The first-order valence-corrected chi connectivity index (χ1v) is 13.7. The number of fused-ring (bicyclic) bond motifs is 1. The number of nitrogen functional groups attached to an aromatic ring is 1. The van der Waals surface area contributed by atoms with Crippen LogP contribution in [-0.2, 0) is 25.6 Å². The molecule has 1 fully saturated rings. The van der Waals surface area contributed by atoms with Crippen LogP contribution in [0.5, 0.6) is 0 Å². The molecule has 1 saturated heterocycles. The highest BCUT2D eigenvalue weighted by Crippen LogP contribution is 2.35. The summed E-state index contributed by atoms with van der Waals surface area (Å²) in [5.41, 5.74) is 6.30. The maximum absolute atomic E-state index is 12.7. The van der Waals surface area contributed by atoms with Crippen molar-refractivity contribution < 1.29 is 34.1 Å². The van der Waals surface area contributed by atoms with Gasteiger partial charge >= 0.3 is 11.9 Å². The Hall–Kier alpha value is -4.63. The van der Waals surface area contributed by atoms with Gasteiger partial charge in [0.25, 0.3) is 11.5 Å². The molecule has 230 valence electrons. The van der Waals surface area contributed by atoms with Gasteiger partial charge in [-0.2, -0.15) is 4.98 Å². The number of carbonyl (C=O) groups is 3. The number of amides is 1. The highest BCUT2D eigenvalue weighted by Gasteiger charge is 2.42. The molecule has 2 aromatic heterocycles. The first-order valence-electron chi connectivity index (χ1n) is 13.7. The number of hydrogen-bond acceptors (Lipinski definition) is 12. The Morgan fingerprint density at radius 1 is 1.21 bits per heavy atom. The van der Waals surface area contributed by atoms with Crippen molar-refractivity contribution >= 4 is 40.6 Å². The lowest BCUT2D eigenvalue weighted by Crippen LogP contribution is -2.41. The molecule has 3 aromatic rings. The molecule has 43 heavy (non-hydrogen) atoms. The number of carboxylic acid groups (broad SMARTS) is 1. The molecule has 15 nitrogen and oxygen atoms in total. The van der Waals surface area contributed by atoms with E-state index < -0.39 is 41.7 Å². The van der Waals surface area contributed by atoms with Crippen molar-refractivity contribution in [3.8, 4) is 0 Å². The molecule has 1 aliphatic heterocycles. The molecule has 1 aliphatic rings. The van der Waals surface area contributed by atoms with Crippen molar-refractivity contribution in [3.05, 3.63) is 52.1 Å². The molecule has 1 amide bonds. The molecule has 7 N–H and O–H groups in total. The number of aliphatic hydroxyl groups excluding tert-OH is 1. The lowest BCUT2D eigenvalue weighted by Gasteiger charge is -2.26. The number of nitrogens with two attached hydrogens (primary N) is 1. The van der Waals surface area contributed by atoms with Crippen molar-refractivity contribution in [2.75, 3.05) is 17.7 Å². The molecule has 4 atom stereocenters. The van der Waals surface area contributed by atoms with Crippen LogP contribution in [0.4, 0.5) is 11.6 Å². The summed E-state index contributed by atoms with van der Waals surface area (Å²) >= 11 is 0. The van der Waals surface area contributed by atoms with E-state index in [4.69, 9.17) is 15.2 Å². The number of carboxylic acids is 1. The molecule has 15 heteroatoms. The lowest BCUT2D eigenvalue weighted by molar-refractivity contribution is -0.153. The third-order valence-electron chi connectivity index (χ3n) is 6.98. The van der Waals surface area contributed by atoms with E-state index in [1.54, 1.807) is 12.1 Å². The van der Waals surface area contributed by atoms with Crippen LogP contribution in [0.1, 0.15) is 56.1 Å². The molecular weight excluding hydrogens is 562 g/mol. The van der Waals surface area contributed by atoms with E-state index in [1.807, 2.05) is 20.8 Å². The average molecular weight is 598 g/mol. The number of aliphatic carboxylic acids is 1. The molecule has 0 aliphatic carbocycles. The number of nitrogens with zero attached hydrogens (tertiary/aromatic N) is 3. The number of esters is 1. The average Bonchev–Trinajstić information content (AvgIpc) is 3.37. The van der Waals surface area contributed by atoms with E-state index in [0.29, 0.717) is 17.8 Å². The number of H-pyrrole nitrogens is 1. The highest BCUT2D eigenvalue weighted by atomic mass is 16.6. The van der Waals surface area contributed by atoms with Gasteiger partial charge < -0.3 is 36.1 Å². The van der Waals surface area contributed by atoms with Gasteiger partial charge in [0, 0.05) is 24.1 Å². The van der Waals surface area contributed by atoms with Crippen molar-refractivity contribution in [3.63, 3.8) is 0 Å². The summed E-state index contributed by atoms with van der Waals surface area (Å²) in [7, 11) is 0. The van der Waals surface area contributed by atoms with E-state index in [2.05, 4.69) is 30.6 Å². The quantitative estimate of drug-likeness (QED) is 0.169. The molecule has 0 radical (unpaired) electrons. The second-order valence-electron chi connectivity index (χ2n) is 11.3. The number of benzene rings is 1. The summed E-state index contributed by atoms with van der Waals surface area (Å²) in [6.07, 6.45) is -0.0422. The maximum atomic E-state index is 12.7. The number of aromatic amines is 1. The van der Waals surface area contributed by atoms with Gasteiger partial charge in [-0.25, -0.2) is 14.8 Å². The Bertz CT molecular complexity index is 1540. The number of carbonyl (C=O) groups excluding carboxylic acids is 2. The van der Waals surface area contributed by atoms with Gasteiger partial charge in [-0.05, 0) is 36.1 Å². The predicted octanol–water partition coefficient (Wildman–Crippen LogP) is 0.978. The van der Waals surface area contributed by atoms with Crippen LogP contribution < -0.4 is 21.9 Å². The Morgan fingerprint density at radius 2 is 1.93 bits per heavy atom. The topological polar surface area (TPSA) is 232 Å². The molecule has 4 unspecified atom stereocenters. The first kappa shape index (κ1) is 31.3. The molecule has 0 bridgehead atoms. The van der Waals surface area contributed by atoms with Crippen LogP contribution in [0, 0.1) is 5.41 Å². The predicted molar refractivity (Wildman–Crippen MR) is 154 cm³/mol. The minimum Gasteiger partial charge on any atom is -0.480 e. The minimum absolute atomic E-state index is 0.0536. The van der Waals surface area contributed by atoms with Gasteiger partial charge in [0.1, 0.15) is 18.2 Å². The Kier molecular flexibility index (Phi) is 9.56. The molecule has 3 heterocycles. The number of hydrogen-bond donors (Lipinski definition) is 6. The fourth-order valence-corrected chi connectivity index (χ4v) is 4.54. The van der Waals surface area contributed by atoms with Crippen molar-refractivity contribution in [1.29, 1.82) is 0 Å². The first-order chi connectivity index (χ1) is 20.3. The number of ether oxygens (including phenoxy) is 2. The fourth-order valence-electron chi connectivity index (χ4n) is 4.54. The van der Waals surface area contributed by atoms with Gasteiger partial charge in [0.2, 0.25) is 5.95 Å². The van der Waals surface area contributed by atoms with E-state index in [1.165, 1.54) is 18.3 Å².